The summed E-state index contributed by atoms with van der Waals surface area (Å²) < 4.78 is 7.47. The van der Waals surface area contributed by atoms with Gasteiger partial charge in [-0.15, -0.1) is 0 Å². The molecular weight excluding hydrogens is 204 g/mol. The Morgan fingerprint density at radius 3 is 3.19 bits per heavy atom. The summed E-state index contributed by atoms with van der Waals surface area (Å²) in [6.45, 7) is 3.48. The Morgan fingerprint density at radius 2 is 2.44 bits per heavy atom. The Labute approximate surface area is 94.9 Å². The van der Waals surface area contributed by atoms with Crippen LogP contribution in [0, 0.1) is 0 Å². The number of nitrogens with one attached hydrogen (secondary N) is 1. The zero-order chi connectivity index (χ0) is 11.0. The van der Waals surface area contributed by atoms with Crippen LogP contribution in [0.2, 0.25) is 0 Å². The van der Waals surface area contributed by atoms with Gasteiger partial charge in [0, 0.05) is 31.7 Å². The maximum Gasteiger partial charge on any atom is 0.126 e. The number of nitrogen functional groups attached to an aromatic ring is 1. The molecule has 0 aliphatic carbocycles. The molecule has 3 N–H and O–H groups in total. The van der Waals surface area contributed by atoms with E-state index in [0.29, 0.717) is 6.04 Å². The second-order valence-corrected chi connectivity index (χ2v) is 4.55. The Balaban J connectivity index is 1.91. The van der Waals surface area contributed by atoms with E-state index in [9.17, 15) is 0 Å². The monoisotopic (exact) mass is 222 g/mol. The van der Waals surface area contributed by atoms with Gasteiger partial charge in [-0.2, -0.15) is 5.10 Å². The van der Waals surface area contributed by atoms with Crippen molar-refractivity contribution in [3.8, 4) is 0 Å². The van der Waals surface area contributed by atoms with Gasteiger partial charge in [0.05, 0.1) is 18.3 Å². The summed E-state index contributed by atoms with van der Waals surface area (Å²) in [6.07, 6.45) is 3.21. The lowest BCUT2D eigenvalue weighted by atomic mass is 10.1. The fraction of sp³-hybridized carbons (Fsp3) is 0.727. The standard InChI is InChI=1S/C11H18N4O/c12-11-9-6-13-4-3-10(9)14-15(11)8-2-1-5-16-7-8/h8,13H,1-7,12H2. The Kier molecular flexibility index (Phi) is 2.57. The Morgan fingerprint density at radius 1 is 1.50 bits per heavy atom. The van der Waals surface area contributed by atoms with Crippen molar-refractivity contribution < 1.29 is 4.74 Å². The minimum absolute atomic E-state index is 0.333. The summed E-state index contributed by atoms with van der Waals surface area (Å²) in [5.41, 5.74) is 8.52. The topological polar surface area (TPSA) is 65.1 Å². The summed E-state index contributed by atoms with van der Waals surface area (Å²) in [6, 6.07) is 0.333. The van der Waals surface area contributed by atoms with Crippen molar-refractivity contribution in [3.63, 3.8) is 0 Å². The quantitative estimate of drug-likeness (QED) is 0.724. The predicted molar refractivity (Wildman–Crippen MR) is 61.1 cm³/mol. The van der Waals surface area contributed by atoms with E-state index in [2.05, 4.69) is 10.4 Å². The third-order valence-corrected chi connectivity index (χ3v) is 3.46. The normalized spacial score (nSPS) is 25.4. The molecule has 1 unspecified atom stereocenters. The number of ether oxygens (including phenoxy) is 1. The van der Waals surface area contributed by atoms with E-state index in [1.54, 1.807) is 0 Å². The Hall–Kier alpha value is -1.07. The number of rotatable bonds is 1. The minimum Gasteiger partial charge on any atom is -0.384 e. The highest BCUT2D eigenvalue weighted by molar-refractivity contribution is 5.45. The van der Waals surface area contributed by atoms with Crippen molar-refractivity contribution in [2.24, 2.45) is 0 Å². The maximum absolute atomic E-state index is 6.16. The molecule has 0 amide bonds. The summed E-state index contributed by atoms with van der Waals surface area (Å²) in [5, 5.41) is 7.98. The average Bonchev–Trinajstić information content (AvgIpc) is 2.69. The van der Waals surface area contributed by atoms with Gasteiger partial charge in [-0.1, -0.05) is 0 Å². The second-order valence-electron chi connectivity index (χ2n) is 4.55. The van der Waals surface area contributed by atoms with Crippen LogP contribution in [0.5, 0.6) is 0 Å². The number of nitrogens with zero attached hydrogens (tertiary/aromatic N) is 2. The minimum atomic E-state index is 0.333. The van der Waals surface area contributed by atoms with E-state index in [4.69, 9.17) is 10.5 Å². The van der Waals surface area contributed by atoms with E-state index in [-0.39, 0.29) is 0 Å². The number of hydrogen-bond acceptors (Lipinski definition) is 4. The highest BCUT2D eigenvalue weighted by Gasteiger charge is 2.24. The number of nitrogens with two attached hydrogens (primary N) is 1. The number of fused-ring (bicyclic) bond motifs is 1. The first-order valence-corrected chi connectivity index (χ1v) is 6.00. The lowest BCUT2D eigenvalue weighted by molar-refractivity contribution is 0.0556. The smallest absolute Gasteiger partial charge is 0.126 e. The highest BCUT2D eigenvalue weighted by atomic mass is 16.5. The van der Waals surface area contributed by atoms with Crippen molar-refractivity contribution in [3.05, 3.63) is 11.3 Å². The number of hydrogen-bond donors (Lipinski definition) is 2. The molecule has 5 heteroatoms. The van der Waals surface area contributed by atoms with Crippen LogP contribution in [-0.4, -0.2) is 29.5 Å². The molecular formula is C11H18N4O. The molecule has 88 valence electrons. The summed E-state index contributed by atoms with van der Waals surface area (Å²) >= 11 is 0. The van der Waals surface area contributed by atoms with E-state index in [1.165, 1.54) is 11.3 Å². The molecule has 0 spiro atoms. The van der Waals surface area contributed by atoms with E-state index >= 15 is 0 Å². The first-order chi connectivity index (χ1) is 7.86. The van der Waals surface area contributed by atoms with Crippen LogP contribution in [0.4, 0.5) is 5.82 Å². The van der Waals surface area contributed by atoms with Gasteiger partial charge in [0.25, 0.3) is 0 Å². The lowest BCUT2D eigenvalue weighted by Gasteiger charge is -2.23. The third-order valence-electron chi connectivity index (χ3n) is 3.46. The molecule has 1 aromatic heterocycles. The highest BCUT2D eigenvalue weighted by Crippen LogP contribution is 2.27. The SMILES string of the molecule is Nc1c2c(nn1C1CCCOC1)CCNC2. The van der Waals surface area contributed by atoms with Crippen LogP contribution >= 0.6 is 0 Å². The number of aromatic nitrogens is 2. The van der Waals surface area contributed by atoms with Gasteiger partial charge in [0.2, 0.25) is 0 Å². The first-order valence-electron chi connectivity index (χ1n) is 6.00. The van der Waals surface area contributed by atoms with Crippen LogP contribution in [0.15, 0.2) is 0 Å². The third kappa shape index (κ3) is 1.60. The summed E-state index contributed by atoms with van der Waals surface area (Å²) in [7, 11) is 0. The molecule has 16 heavy (non-hydrogen) atoms. The zero-order valence-electron chi connectivity index (χ0n) is 9.41. The molecule has 0 bridgehead atoms. The predicted octanol–water partition coefficient (Wildman–Crippen LogP) is 0.462. The Bertz CT molecular complexity index is 382. The summed E-state index contributed by atoms with van der Waals surface area (Å²) in [4.78, 5) is 0. The average molecular weight is 222 g/mol. The first kappa shape index (κ1) is 10.1. The molecule has 0 saturated carbocycles. The molecule has 2 aliphatic rings. The van der Waals surface area contributed by atoms with Crippen molar-refractivity contribution in [2.45, 2.75) is 31.8 Å². The molecule has 0 aromatic carbocycles. The second kappa shape index (κ2) is 4.07. The van der Waals surface area contributed by atoms with E-state index in [0.717, 1.165) is 51.4 Å². The van der Waals surface area contributed by atoms with E-state index in [1.807, 2.05) is 4.68 Å². The van der Waals surface area contributed by atoms with Crippen LogP contribution in [0.3, 0.4) is 0 Å². The zero-order valence-corrected chi connectivity index (χ0v) is 9.41. The molecule has 3 rings (SSSR count). The van der Waals surface area contributed by atoms with Crippen LogP contribution in [0.1, 0.15) is 30.1 Å². The molecule has 1 atom stereocenters. The van der Waals surface area contributed by atoms with Crippen molar-refractivity contribution in [2.75, 3.05) is 25.5 Å². The molecule has 3 heterocycles. The van der Waals surface area contributed by atoms with Crippen LogP contribution in [-0.2, 0) is 17.7 Å². The van der Waals surface area contributed by atoms with Crippen LogP contribution in [0.25, 0.3) is 0 Å². The molecule has 1 fully saturated rings. The molecule has 5 nitrogen and oxygen atoms in total. The molecule has 0 radical (unpaired) electrons. The number of anilines is 1. The van der Waals surface area contributed by atoms with Crippen molar-refractivity contribution >= 4 is 5.82 Å². The summed E-state index contributed by atoms with van der Waals surface area (Å²) in [5.74, 6) is 0.831. The van der Waals surface area contributed by atoms with E-state index < -0.39 is 0 Å². The van der Waals surface area contributed by atoms with Crippen molar-refractivity contribution in [1.82, 2.24) is 15.1 Å². The van der Waals surface area contributed by atoms with Gasteiger partial charge in [0.15, 0.2) is 0 Å². The van der Waals surface area contributed by atoms with Gasteiger partial charge in [-0.3, -0.25) is 0 Å². The molecule has 1 saturated heterocycles. The fourth-order valence-corrected chi connectivity index (χ4v) is 2.54. The van der Waals surface area contributed by atoms with Crippen molar-refractivity contribution in [1.29, 1.82) is 0 Å². The van der Waals surface area contributed by atoms with Gasteiger partial charge in [-0.25, -0.2) is 4.68 Å². The van der Waals surface area contributed by atoms with Crippen LogP contribution < -0.4 is 11.1 Å². The van der Waals surface area contributed by atoms with Gasteiger partial charge >= 0.3 is 0 Å². The lowest BCUT2D eigenvalue weighted by Crippen LogP contribution is -2.23. The molecule has 1 aromatic rings. The largest absolute Gasteiger partial charge is 0.384 e. The molecule has 2 aliphatic heterocycles. The van der Waals surface area contributed by atoms with Gasteiger partial charge < -0.3 is 15.8 Å². The maximum atomic E-state index is 6.16. The van der Waals surface area contributed by atoms with Gasteiger partial charge in [-0.05, 0) is 12.8 Å². The fourth-order valence-electron chi connectivity index (χ4n) is 2.54. The van der Waals surface area contributed by atoms with Gasteiger partial charge in [0.1, 0.15) is 5.82 Å².